The van der Waals surface area contributed by atoms with Crippen LogP contribution in [0.5, 0.6) is 0 Å². The van der Waals surface area contributed by atoms with Gasteiger partial charge in [0.25, 0.3) is 5.91 Å². The maximum Gasteiger partial charge on any atom is 0.251 e. The zero-order valence-corrected chi connectivity index (χ0v) is 15.1. The molecule has 2 amide bonds. The fraction of sp³-hybridized carbons (Fsp3) is 0.0870. The summed E-state index contributed by atoms with van der Waals surface area (Å²) < 4.78 is 0. The Morgan fingerprint density at radius 1 is 0.857 bits per heavy atom. The number of benzene rings is 3. The Morgan fingerprint density at radius 2 is 1.54 bits per heavy atom. The molecule has 4 aromatic rings. The third-order valence-electron chi connectivity index (χ3n) is 4.73. The van der Waals surface area contributed by atoms with Crippen LogP contribution in [0.3, 0.4) is 0 Å². The van der Waals surface area contributed by atoms with Crippen molar-refractivity contribution in [1.29, 1.82) is 0 Å². The molecule has 0 bridgehead atoms. The van der Waals surface area contributed by atoms with E-state index in [0.29, 0.717) is 11.3 Å². The first-order chi connectivity index (χ1) is 13.6. The highest BCUT2D eigenvalue weighted by molar-refractivity contribution is 6.00. The molecule has 0 aliphatic carbocycles. The van der Waals surface area contributed by atoms with Crippen LogP contribution in [0.1, 0.15) is 16.1 Å². The molecule has 4 rings (SSSR count). The monoisotopic (exact) mass is 369 g/mol. The normalized spacial score (nSPS) is 12.0. The summed E-state index contributed by atoms with van der Waals surface area (Å²) in [6, 6.07) is 23.9. The van der Waals surface area contributed by atoms with Gasteiger partial charge in [0.1, 0.15) is 6.04 Å². The molecule has 5 heteroatoms. The Bertz CT molecular complexity index is 1190. The quantitative estimate of drug-likeness (QED) is 0.566. The van der Waals surface area contributed by atoms with Gasteiger partial charge in [0.2, 0.25) is 5.91 Å². The van der Waals surface area contributed by atoms with E-state index < -0.39 is 11.9 Å². The van der Waals surface area contributed by atoms with Gasteiger partial charge in [0.05, 0.1) is 5.52 Å². The number of hydrogen-bond donors (Lipinski definition) is 2. The number of primary amides is 1. The number of nitrogens with zero attached hydrogens (tertiary/aromatic N) is 1. The maximum atomic E-state index is 12.7. The van der Waals surface area contributed by atoms with E-state index in [2.05, 4.69) is 10.3 Å². The van der Waals surface area contributed by atoms with E-state index in [0.717, 1.165) is 21.7 Å². The van der Waals surface area contributed by atoms with Crippen LogP contribution >= 0.6 is 0 Å². The predicted octanol–water partition coefficient (Wildman–Crippen LogP) is 3.21. The number of aromatic nitrogens is 1. The van der Waals surface area contributed by atoms with Crippen LogP contribution in [-0.4, -0.2) is 22.8 Å². The molecule has 0 radical (unpaired) electrons. The highest BCUT2D eigenvalue weighted by atomic mass is 16.2. The second kappa shape index (κ2) is 7.48. The topological polar surface area (TPSA) is 85.1 Å². The molecule has 0 unspecified atom stereocenters. The van der Waals surface area contributed by atoms with Gasteiger partial charge in [-0.05, 0) is 35.0 Å². The number of nitrogens with two attached hydrogens (primary N) is 1. The zero-order valence-electron chi connectivity index (χ0n) is 15.1. The molecule has 1 aromatic heterocycles. The van der Waals surface area contributed by atoms with Crippen LogP contribution in [-0.2, 0) is 11.2 Å². The largest absolute Gasteiger partial charge is 0.368 e. The summed E-state index contributed by atoms with van der Waals surface area (Å²) >= 11 is 0. The van der Waals surface area contributed by atoms with Gasteiger partial charge in [0.15, 0.2) is 0 Å². The Morgan fingerprint density at radius 3 is 2.32 bits per heavy atom. The summed E-state index contributed by atoms with van der Waals surface area (Å²) in [6.45, 7) is 0. The molecule has 0 aliphatic heterocycles. The maximum absolute atomic E-state index is 12.7. The molecule has 5 nitrogen and oxygen atoms in total. The minimum Gasteiger partial charge on any atom is -0.368 e. The van der Waals surface area contributed by atoms with Crippen LogP contribution in [0.15, 0.2) is 78.9 Å². The average Bonchev–Trinajstić information content (AvgIpc) is 2.72. The van der Waals surface area contributed by atoms with Gasteiger partial charge in [0, 0.05) is 23.1 Å². The minimum atomic E-state index is -0.840. The smallest absolute Gasteiger partial charge is 0.251 e. The van der Waals surface area contributed by atoms with Gasteiger partial charge in [-0.15, -0.1) is 0 Å². The molecule has 3 aromatic carbocycles. The van der Waals surface area contributed by atoms with Gasteiger partial charge >= 0.3 is 0 Å². The summed E-state index contributed by atoms with van der Waals surface area (Å²) in [7, 11) is 0. The molecule has 0 saturated heterocycles. The standard InChI is InChI=1S/C23H19N3O2/c24-22(27)21(14-19-12-11-16-6-3-4-8-20(16)25-19)26-23(28)18-10-9-15-5-1-2-7-17(15)13-18/h1-13,21H,14H2,(H2,24,27)(H,26,28)/t21-/m0/s1. The molecule has 28 heavy (non-hydrogen) atoms. The van der Waals surface area contributed by atoms with E-state index in [1.165, 1.54) is 0 Å². The van der Waals surface area contributed by atoms with Crippen LogP contribution in [0, 0.1) is 0 Å². The van der Waals surface area contributed by atoms with Gasteiger partial charge in [-0.3, -0.25) is 14.6 Å². The Labute approximate surface area is 162 Å². The van der Waals surface area contributed by atoms with E-state index in [4.69, 9.17) is 5.73 Å². The van der Waals surface area contributed by atoms with E-state index in [-0.39, 0.29) is 12.3 Å². The third-order valence-corrected chi connectivity index (χ3v) is 4.73. The van der Waals surface area contributed by atoms with Crippen molar-refractivity contribution in [3.05, 3.63) is 90.1 Å². The lowest BCUT2D eigenvalue weighted by molar-refractivity contribution is -0.119. The second-order valence-electron chi connectivity index (χ2n) is 6.69. The molecule has 1 atom stereocenters. The number of para-hydroxylation sites is 1. The first kappa shape index (κ1) is 17.7. The summed E-state index contributed by atoms with van der Waals surface area (Å²) in [6.07, 6.45) is 0.236. The summed E-state index contributed by atoms with van der Waals surface area (Å²) in [5.74, 6) is -0.931. The van der Waals surface area contributed by atoms with E-state index in [1.807, 2.05) is 66.7 Å². The summed E-state index contributed by atoms with van der Waals surface area (Å²) in [5, 5.41) is 5.76. The van der Waals surface area contributed by atoms with Crippen molar-refractivity contribution in [2.24, 2.45) is 5.73 Å². The number of hydrogen-bond acceptors (Lipinski definition) is 3. The molecule has 3 N–H and O–H groups in total. The zero-order chi connectivity index (χ0) is 19.5. The fourth-order valence-corrected chi connectivity index (χ4v) is 3.23. The number of amides is 2. The molecule has 0 saturated carbocycles. The van der Waals surface area contributed by atoms with Crippen LogP contribution in [0.25, 0.3) is 21.7 Å². The molecule has 0 spiro atoms. The van der Waals surface area contributed by atoms with Crippen molar-refractivity contribution in [3.63, 3.8) is 0 Å². The Kier molecular flexibility index (Phi) is 4.72. The van der Waals surface area contributed by atoms with Gasteiger partial charge < -0.3 is 11.1 Å². The number of carbonyl (C=O) groups excluding carboxylic acids is 2. The number of rotatable bonds is 5. The highest BCUT2D eigenvalue weighted by Crippen LogP contribution is 2.16. The highest BCUT2D eigenvalue weighted by Gasteiger charge is 2.20. The van der Waals surface area contributed by atoms with Gasteiger partial charge in [-0.25, -0.2) is 0 Å². The fourth-order valence-electron chi connectivity index (χ4n) is 3.23. The van der Waals surface area contributed by atoms with E-state index >= 15 is 0 Å². The van der Waals surface area contributed by atoms with E-state index in [9.17, 15) is 9.59 Å². The molecular formula is C23H19N3O2. The lowest BCUT2D eigenvalue weighted by Crippen LogP contribution is -2.46. The molecule has 0 aliphatic rings. The van der Waals surface area contributed by atoms with Gasteiger partial charge in [-0.1, -0.05) is 54.6 Å². The SMILES string of the molecule is NC(=O)[C@H](Cc1ccc2ccccc2n1)NC(=O)c1ccc2ccccc2c1. The summed E-state index contributed by atoms with van der Waals surface area (Å²) in [5.41, 5.74) is 7.55. The van der Waals surface area contributed by atoms with Crippen LogP contribution in [0.2, 0.25) is 0 Å². The summed E-state index contributed by atoms with van der Waals surface area (Å²) in [4.78, 5) is 29.2. The predicted molar refractivity (Wildman–Crippen MR) is 110 cm³/mol. The van der Waals surface area contributed by atoms with Crippen LogP contribution in [0.4, 0.5) is 0 Å². The minimum absolute atomic E-state index is 0.236. The number of pyridine rings is 1. The van der Waals surface area contributed by atoms with Crippen LogP contribution < -0.4 is 11.1 Å². The molecule has 138 valence electrons. The van der Waals surface area contributed by atoms with Crippen molar-refractivity contribution < 1.29 is 9.59 Å². The molecule has 0 fully saturated rings. The lowest BCUT2D eigenvalue weighted by atomic mass is 10.1. The number of nitrogens with one attached hydrogen (secondary N) is 1. The Hall–Kier alpha value is -3.73. The molecular weight excluding hydrogens is 350 g/mol. The van der Waals surface area contributed by atoms with Crippen molar-refractivity contribution in [2.75, 3.05) is 0 Å². The van der Waals surface area contributed by atoms with Crippen molar-refractivity contribution in [3.8, 4) is 0 Å². The van der Waals surface area contributed by atoms with Crippen molar-refractivity contribution in [2.45, 2.75) is 12.5 Å². The first-order valence-corrected chi connectivity index (χ1v) is 9.04. The average molecular weight is 369 g/mol. The first-order valence-electron chi connectivity index (χ1n) is 9.04. The van der Waals surface area contributed by atoms with E-state index in [1.54, 1.807) is 12.1 Å². The van der Waals surface area contributed by atoms with Gasteiger partial charge in [-0.2, -0.15) is 0 Å². The Balaban J connectivity index is 1.55. The second-order valence-corrected chi connectivity index (χ2v) is 6.69. The third kappa shape index (κ3) is 3.69. The molecule has 1 heterocycles. The van der Waals surface area contributed by atoms with Crippen molar-refractivity contribution in [1.82, 2.24) is 10.3 Å². The lowest BCUT2D eigenvalue weighted by Gasteiger charge is -2.16. The van der Waals surface area contributed by atoms with Crippen molar-refractivity contribution >= 4 is 33.5 Å². The number of fused-ring (bicyclic) bond motifs is 2. The number of carbonyl (C=O) groups is 2.